The highest BCUT2D eigenvalue weighted by molar-refractivity contribution is 7.91. The summed E-state index contributed by atoms with van der Waals surface area (Å²) < 4.78 is 37.1. The van der Waals surface area contributed by atoms with Gasteiger partial charge < -0.3 is 0 Å². The molecule has 1 aromatic heterocycles. The lowest BCUT2D eigenvalue weighted by molar-refractivity contribution is 0.539. The highest BCUT2D eigenvalue weighted by atomic mass is 32.2. The number of nitriles is 1. The van der Waals surface area contributed by atoms with Crippen LogP contribution in [0.1, 0.15) is 12.5 Å². The third-order valence-electron chi connectivity index (χ3n) is 2.87. The maximum absolute atomic E-state index is 13.6. The van der Waals surface area contributed by atoms with Crippen molar-refractivity contribution in [2.75, 3.05) is 5.75 Å². The van der Waals surface area contributed by atoms with Gasteiger partial charge in [-0.1, -0.05) is 19.1 Å². The van der Waals surface area contributed by atoms with E-state index >= 15 is 0 Å². The fraction of sp³-hybridized carbons (Fsp3) is 0.143. The topological polar surface area (TPSA) is 70.8 Å². The quantitative estimate of drug-likeness (QED) is 0.814. The Kier molecular flexibility index (Phi) is 3.81. The molecule has 0 atom stereocenters. The molecule has 0 aliphatic rings. The second-order valence-electron chi connectivity index (χ2n) is 4.11. The predicted octanol–water partition coefficient (Wildman–Crippen LogP) is 2.55. The lowest BCUT2D eigenvalue weighted by Crippen LogP contribution is -2.07. The minimum absolute atomic E-state index is 0.192. The second-order valence-corrected chi connectivity index (χ2v) is 6.35. The second kappa shape index (κ2) is 5.39. The Labute approximate surface area is 116 Å². The molecule has 0 N–H and O–H groups in total. The van der Waals surface area contributed by atoms with Crippen molar-refractivity contribution < 1.29 is 12.8 Å². The van der Waals surface area contributed by atoms with Gasteiger partial charge in [-0.25, -0.2) is 13.4 Å². The zero-order valence-corrected chi connectivity index (χ0v) is 11.5. The van der Waals surface area contributed by atoms with Crippen molar-refractivity contribution in [1.82, 2.24) is 4.98 Å². The summed E-state index contributed by atoms with van der Waals surface area (Å²) in [6.07, 6.45) is 1.27. The lowest BCUT2D eigenvalue weighted by Gasteiger charge is -2.06. The van der Waals surface area contributed by atoms with Gasteiger partial charge in [0.2, 0.25) is 5.95 Å². The first kappa shape index (κ1) is 14.2. The molecule has 2 aromatic rings. The molecule has 0 radical (unpaired) electrons. The summed E-state index contributed by atoms with van der Waals surface area (Å²) in [4.78, 5) is 3.10. The highest BCUT2D eigenvalue weighted by Gasteiger charge is 2.19. The average Bonchev–Trinajstić information content (AvgIpc) is 2.47. The molecule has 0 aliphatic carbocycles. The molecule has 102 valence electrons. The largest absolute Gasteiger partial charge is 0.231 e. The Bertz CT molecular complexity index is 778. The molecule has 0 spiro atoms. The monoisotopic (exact) mass is 290 g/mol. The fourth-order valence-electron chi connectivity index (χ4n) is 1.70. The number of aromatic nitrogens is 1. The molecule has 1 aromatic carbocycles. The van der Waals surface area contributed by atoms with Crippen molar-refractivity contribution >= 4 is 9.84 Å². The van der Waals surface area contributed by atoms with Crippen molar-refractivity contribution in [3.63, 3.8) is 0 Å². The molecule has 0 amide bonds. The standard InChI is InChI=1S/C14H11FN2O2S/c1-2-20(18,19)13-7-12(9-17-14(13)15)11-5-3-10(8-16)4-6-11/h3-7,9H,2H2,1H3. The van der Waals surface area contributed by atoms with Gasteiger partial charge in [0, 0.05) is 11.8 Å². The molecular weight excluding hydrogens is 279 g/mol. The summed E-state index contributed by atoms with van der Waals surface area (Å²) in [5, 5.41) is 8.73. The van der Waals surface area contributed by atoms with Gasteiger partial charge >= 0.3 is 0 Å². The Balaban J connectivity index is 2.54. The molecule has 0 saturated carbocycles. The van der Waals surface area contributed by atoms with Gasteiger partial charge in [0.25, 0.3) is 0 Å². The SMILES string of the molecule is CCS(=O)(=O)c1cc(-c2ccc(C#N)cc2)cnc1F. The van der Waals surface area contributed by atoms with E-state index in [1.165, 1.54) is 19.2 Å². The van der Waals surface area contributed by atoms with Crippen LogP contribution in [-0.4, -0.2) is 19.2 Å². The molecule has 0 aliphatic heterocycles. The summed E-state index contributed by atoms with van der Waals surface area (Å²) in [6.45, 7) is 1.45. The van der Waals surface area contributed by atoms with Crippen molar-refractivity contribution in [3.8, 4) is 17.2 Å². The van der Waals surface area contributed by atoms with Crippen molar-refractivity contribution in [3.05, 3.63) is 48.0 Å². The summed E-state index contributed by atoms with van der Waals surface area (Å²) in [7, 11) is -3.66. The van der Waals surface area contributed by atoms with Gasteiger partial charge in [-0.15, -0.1) is 0 Å². The zero-order valence-electron chi connectivity index (χ0n) is 10.7. The third kappa shape index (κ3) is 2.68. The van der Waals surface area contributed by atoms with Gasteiger partial charge in [-0.05, 0) is 23.8 Å². The molecule has 0 saturated heterocycles. The third-order valence-corrected chi connectivity index (χ3v) is 4.59. The van der Waals surface area contributed by atoms with Crippen LogP contribution in [0, 0.1) is 17.3 Å². The summed E-state index contributed by atoms with van der Waals surface area (Å²) in [6, 6.07) is 9.79. The summed E-state index contributed by atoms with van der Waals surface area (Å²) >= 11 is 0. The number of nitrogens with zero attached hydrogens (tertiary/aromatic N) is 2. The molecule has 20 heavy (non-hydrogen) atoms. The fourth-order valence-corrected chi connectivity index (χ4v) is 2.62. The molecule has 4 nitrogen and oxygen atoms in total. The number of sulfone groups is 1. The van der Waals surface area contributed by atoms with E-state index < -0.39 is 20.7 Å². The molecule has 2 rings (SSSR count). The molecule has 6 heteroatoms. The molecule has 0 unspecified atom stereocenters. The van der Waals surface area contributed by atoms with Crippen LogP contribution in [0.4, 0.5) is 4.39 Å². The Morgan fingerprint density at radius 3 is 2.45 bits per heavy atom. The average molecular weight is 290 g/mol. The van der Waals surface area contributed by atoms with Crippen LogP contribution in [0.2, 0.25) is 0 Å². The normalized spacial score (nSPS) is 11.1. The van der Waals surface area contributed by atoms with Gasteiger partial charge in [0.05, 0.1) is 17.4 Å². The summed E-state index contributed by atoms with van der Waals surface area (Å²) in [5.74, 6) is -1.19. The van der Waals surface area contributed by atoms with Crippen LogP contribution >= 0.6 is 0 Å². The molecule has 1 heterocycles. The minimum Gasteiger partial charge on any atom is -0.227 e. The minimum atomic E-state index is -3.66. The van der Waals surface area contributed by atoms with Gasteiger partial charge in [-0.2, -0.15) is 9.65 Å². The van der Waals surface area contributed by atoms with Crippen LogP contribution < -0.4 is 0 Å². The highest BCUT2D eigenvalue weighted by Crippen LogP contribution is 2.24. The van der Waals surface area contributed by atoms with Crippen molar-refractivity contribution in [1.29, 1.82) is 5.26 Å². The number of halogens is 1. The smallest absolute Gasteiger partial charge is 0.227 e. The predicted molar refractivity (Wildman–Crippen MR) is 72.1 cm³/mol. The van der Waals surface area contributed by atoms with E-state index in [0.717, 1.165) is 0 Å². The van der Waals surface area contributed by atoms with E-state index in [0.29, 0.717) is 16.7 Å². The Hall–Kier alpha value is -2.26. The first-order chi connectivity index (χ1) is 9.47. The van der Waals surface area contributed by atoms with Crippen LogP contribution in [0.25, 0.3) is 11.1 Å². The number of hydrogen-bond acceptors (Lipinski definition) is 4. The zero-order chi connectivity index (χ0) is 14.8. The van der Waals surface area contributed by atoms with E-state index in [1.807, 2.05) is 6.07 Å². The molecule has 0 fully saturated rings. The maximum atomic E-state index is 13.6. The van der Waals surface area contributed by atoms with Crippen molar-refractivity contribution in [2.45, 2.75) is 11.8 Å². The van der Waals surface area contributed by atoms with Gasteiger partial charge in [0.15, 0.2) is 9.84 Å². The van der Waals surface area contributed by atoms with E-state index in [1.54, 1.807) is 24.3 Å². The molecule has 0 bridgehead atoms. The van der Waals surface area contributed by atoms with Gasteiger partial charge in [0.1, 0.15) is 4.90 Å². The number of pyridine rings is 1. The van der Waals surface area contributed by atoms with E-state index in [4.69, 9.17) is 5.26 Å². The van der Waals surface area contributed by atoms with Gasteiger partial charge in [-0.3, -0.25) is 0 Å². The van der Waals surface area contributed by atoms with Crippen LogP contribution in [0.15, 0.2) is 41.4 Å². The van der Waals surface area contributed by atoms with E-state index in [2.05, 4.69) is 4.98 Å². The van der Waals surface area contributed by atoms with Crippen molar-refractivity contribution in [2.24, 2.45) is 0 Å². The Morgan fingerprint density at radius 1 is 1.25 bits per heavy atom. The first-order valence-electron chi connectivity index (χ1n) is 5.87. The maximum Gasteiger partial charge on any atom is 0.231 e. The first-order valence-corrected chi connectivity index (χ1v) is 7.52. The lowest BCUT2D eigenvalue weighted by atomic mass is 10.1. The van der Waals surface area contributed by atoms with E-state index in [9.17, 15) is 12.8 Å². The molecular formula is C14H11FN2O2S. The van der Waals surface area contributed by atoms with Crippen LogP contribution in [0.5, 0.6) is 0 Å². The summed E-state index contributed by atoms with van der Waals surface area (Å²) in [5.41, 5.74) is 1.65. The number of rotatable bonds is 3. The van der Waals surface area contributed by atoms with Crippen LogP contribution in [0.3, 0.4) is 0 Å². The Morgan fingerprint density at radius 2 is 1.90 bits per heavy atom. The number of hydrogen-bond donors (Lipinski definition) is 0. The number of benzene rings is 1. The van der Waals surface area contributed by atoms with E-state index in [-0.39, 0.29) is 5.75 Å². The van der Waals surface area contributed by atoms with Crippen LogP contribution in [-0.2, 0) is 9.84 Å².